The molecule has 184 valence electrons. The predicted molar refractivity (Wildman–Crippen MR) is 114 cm³/mol. The number of carboxylic acids is 1. The average Bonchev–Trinajstić information content (AvgIpc) is 2.61. The molecule has 0 amide bonds. The van der Waals surface area contributed by atoms with Crippen LogP contribution in [-0.4, -0.2) is 80.4 Å². The fourth-order valence-electron chi connectivity index (χ4n) is 2.53. The Bertz CT molecular complexity index is 796. The molecule has 1 atom stereocenters. The molecule has 9 nitrogen and oxygen atoms in total. The Balaban J connectivity index is 3.02. The molecule has 0 fully saturated rings. The Kier molecular flexibility index (Phi) is 10.8. The topological polar surface area (TPSA) is 103 Å². The summed E-state index contributed by atoms with van der Waals surface area (Å²) in [6, 6.07) is 0.795. The molecule has 1 N–H and O–H groups in total. The number of nitrogens with zero attached hydrogens (tertiary/aromatic N) is 3. The summed E-state index contributed by atoms with van der Waals surface area (Å²) in [6.45, 7) is 6.20. The highest BCUT2D eigenvalue weighted by Crippen LogP contribution is 2.33. The SMILES string of the molecule is CN(C)CC(COCCC(=O)O)Oc1cnn(COCC[Si](C)(C)C)c(=O)c1C(F)(F)F. The zero-order chi connectivity index (χ0) is 24.5. The second-order valence-electron chi connectivity index (χ2n) is 8.76. The van der Waals surface area contributed by atoms with Gasteiger partial charge in [-0.25, -0.2) is 4.68 Å². The lowest BCUT2D eigenvalue weighted by atomic mass is 10.2. The molecule has 1 unspecified atom stereocenters. The van der Waals surface area contributed by atoms with E-state index in [1.54, 1.807) is 19.0 Å². The van der Waals surface area contributed by atoms with Crippen LogP contribution in [0.3, 0.4) is 0 Å². The number of halogens is 3. The number of aliphatic carboxylic acids is 1. The second kappa shape index (κ2) is 12.3. The molecule has 0 aliphatic rings. The van der Waals surface area contributed by atoms with Crippen molar-refractivity contribution < 1.29 is 37.3 Å². The zero-order valence-electron chi connectivity index (χ0n) is 19.1. The lowest BCUT2D eigenvalue weighted by molar-refractivity contribution is -0.142. The van der Waals surface area contributed by atoms with Crippen molar-refractivity contribution in [2.75, 3.05) is 40.5 Å². The highest BCUT2D eigenvalue weighted by molar-refractivity contribution is 6.76. The maximum Gasteiger partial charge on any atom is 0.425 e. The van der Waals surface area contributed by atoms with Gasteiger partial charge in [0.1, 0.15) is 12.8 Å². The van der Waals surface area contributed by atoms with Crippen molar-refractivity contribution in [3.05, 3.63) is 22.1 Å². The van der Waals surface area contributed by atoms with Gasteiger partial charge in [0.05, 0.1) is 25.8 Å². The fraction of sp³-hybridized carbons (Fsp3) is 0.737. The van der Waals surface area contributed by atoms with E-state index in [9.17, 15) is 22.8 Å². The average molecular weight is 484 g/mol. The zero-order valence-corrected chi connectivity index (χ0v) is 20.1. The fourth-order valence-corrected chi connectivity index (χ4v) is 3.29. The molecule has 0 spiro atoms. The van der Waals surface area contributed by atoms with Crippen LogP contribution in [0.4, 0.5) is 13.2 Å². The first-order valence-electron chi connectivity index (χ1n) is 10.1. The largest absolute Gasteiger partial charge is 0.484 e. The van der Waals surface area contributed by atoms with Gasteiger partial charge < -0.3 is 24.2 Å². The molecule has 0 bridgehead atoms. The standard InChI is InChI=1S/C19H32F3N3O6Si/c1-24(2)11-14(12-29-7-6-16(26)27)31-15-10-23-25(13-30-8-9-32(3,4)5)18(28)17(15)19(20,21)22/h10,14H,6-9,11-13H2,1-5H3,(H,26,27). The highest BCUT2D eigenvalue weighted by atomic mass is 28.3. The molecular formula is C19H32F3N3O6Si. The van der Waals surface area contributed by atoms with Crippen molar-refractivity contribution in [3.63, 3.8) is 0 Å². The highest BCUT2D eigenvalue weighted by Gasteiger charge is 2.39. The van der Waals surface area contributed by atoms with Crippen molar-refractivity contribution in [2.24, 2.45) is 0 Å². The summed E-state index contributed by atoms with van der Waals surface area (Å²) in [4.78, 5) is 24.7. The Morgan fingerprint density at radius 1 is 1.25 bits per heavy atom. The molecule has 13 heteroatoms. The van der Waals surface area contributed by atoms with Gasteiger partial charge in [-0.1, -0.05) is 19.6 Å². The number of rotatable bonds is 14. The molecule has 0 saturated carbocycles. The number of ether oxygens (including phenoxy) is 3. The monoisotopic (exact) mass is 483 g/mol. The molecule has 0 saturated heterocycles. The summed E-state index contributed by atoms with van der Waals surface area (Å²) in [7, 11) is 1.98. The Morgan fingerprint density at radius 2 is 1.91 bits per heavy atom. The van der Waals surface area contributed by atoms with Crippen LogP contribution in [-0.2, 0) is 27.2 Å². The Labute approximate surface area is 186 Å². The summed E-state index contributed by atoms with van der Waals surface area (Å²) in [6.07, 6.45) is -5.27. The van der Waals surface area contributed by atoms with Crippen LogP contribution in [0.2, 0.25) is 25.7 Å². The molecule has 0 aliphatic heterocycles. The van der Waals surface area contributed by atoms with Gasteiger partial charge >= 0.3 is 12.1 Å². The summed E-state index contributed by atoms with van der Waals surface area (Å²) in [5.74, 6) is -1.77. The summed E-state index contributed by atoms with van der Waals surface area (Å²) >= 11 is 0. The molecule has 0 aliphatic carbocycles. The van der Waals surface area contributed by atoms with Gasteiger partial charge in [-0.3, -0.25) is 9.59 Å². The second-order valence-corrected chi connectivity index (χ2v) is 14.4. The number of hydrogen-bond donors (Lipinski definition) is 1. The lowest BCUT2D eigenvalue weighted by Gasteiger charge is -2.24. The summed E-state index contributed by atoms with van der Waals surface area (Å²) < 4.78 is 57.7. The van der Waals surface area contributed by atoms with E-state index in [4.69, 9.17) is 19.3 Å². The van der Waals surface area contributed by atoms with Crippen LogP contribution in [0.5, 0.6) is 5.75 Å². The maximum atomic E-state index is 13.7. The summed E-state index contributed by atoms with van der Waals surface area (Å²) in [5.41, 5.74) is -2.84. The molecule has 1 aromatic heterocycles. The van der Waals surface area contributed by atoms with Crippen molar-refractivity contribution in [3.8, 4) is 5.75 Å². The van der Waals surface area contributed by atoms with Crippen LogP contribution >= 0.6 is 0 Å². The minimum atomic E-state index is -4.97. The maximum absolute atomic E-state index is 13.7. The van der Waals surface area contributed by atoms with Gasteiger partial charge in [-0.15, -0.1) is 0 Å². The van der Waals surface area contributed by atoms with Crippen LogP contribution in [0.1, 0.15) is 12.0 Å². The number of alkyl halides is 3. The molecule has 0 radical (unpaired) electrons. The van der Waals surface area contributed by atoms with E-state index >= 15 is 0 Å². The minimum Gasteiger partial charge on any atom is -0.484 e. The van der Waals surface area contributed by atoms with Crippen LogP contribution in [0.25, 0.3) is 0 Å². The van der Waals surface area contributed by atoms with Gasteiger partial charge in [0.15, 0.2) is 11.3 Å². The van der Waals surface area contributed by atoms with E-state index in [0.29, 0.717) is 11.3 Å². The number of carboxylic acid groups (broad SMARTS) is 1. The first-order chi connectivity index (χ1) is 14.7. The van der Waals surface area contributed by atoms with Crippen LogP contribution < -0.4 is 10.3 Å². The molecule has 1 aromatic rings. The van der Waals surface area contributed by atoms with E-state index in [1.807, 2.05) is 0 Å². The number of likely N-dealkylation sites (N-methyl/N-ethyl adjacent to an activating group) is 1. The third-order valence-corrected chi connectivity index (χ3v) is 5.83. The van der Waals surface area contributed by atoms with Crippen molar-refractivity contribution in [1.82, 2.24) is 14.7 Å². The van der Waals surface area contributed by atoms with E-state index in [-0.39, 0.29) is 26.2 Å². The third-order valence-electron chi connectivity index (χ3n) is 4.13. The number of hydrogen-bond acceptors (Lipinski definition) is 7. The van der Waals surface area contributed by atoms with Crippen molar-refractivity contribution in [2.45, 2.75) is 51.1 Å². The van der Waals surface area contributed by atoms with Gasteiger partial charge in [0.2, 0.25) is 0 Å². The number of carbonyl (C=O) groups is 1. The minimum absolute atomic E-state index is 0.122. The van der Waals surface area contributed by atoms with Crippen LogP contribution in [0.15, 0.2) is 11.0 Å². The quantitative estimate of drug-likeness (QED) is 0.318. The van der Waals surface area contributed by atoms with Crippen molar-refractivity contribution in [1.29, 1.82) is 0 Å². The van der Waals surface area contributed by atoms with Gasteiger partial charge in [-0.2, -0.15) is 18.3 Å². The normalized spacial score (nSPS) is 13.4. The number of aromatic nitrogens is 2. The first kappa shape index (κ1) is 28.1. The Morgan fingerprint density at radius 3 is 2.44 bits per heavy atom. The smallest absolute Gasteiger partial charge is 0.425 e. The van der Waals surface area contributed by atoms with Gasteiger partial charge in [-0.05, 0) is 20.1 Å². The van der Waals surface area contributed by atoms with E-state index in [1.165, 1.54) is 0 Å². The predicted octanol–water partition coefficient (Wildman–Crippen LogP) is 2.37. The molecule has 0 aromatic carbocycles. The van der Waals surface area contributed by atoms with Gasteiger partial charge in [0.25, 0.3) is 5.56 Å². The summed E-state index contributed by atoms with van der Waals surface area (Å²) in [5, 5.41) is 12.4. The van der Waals surface area contributed by atoms with E-state index in [0.717, 1.165) is 12.2 Å². The van der Waals surface area contributed by atoms with Crippen LogP contribution in [0, 0.1) is 0 Å². The Hall–Kier alpha value is -1.96. The lowest BCUT2D eigenvalue weighted by Crippen LogP contribution is -2.37. The molecule has 32 heavy (non-hydrogen) atoms. The molecule has 1 heterocycles. The van der Waals surface area contributed by atoms with E-state index < -0.39 is 49.9 Å². The van der Waals surface area contributed by atoms with Crippen molar-refractivity contribution >= 4 is 14.0 Å². The third kappa shape index (κ3) is 10.6. The molecular weight excluding hydrogens is 451 g/mol. The first-order valence-corrected chi connectivity index (χ1v) is 13.8. The van der Waals surface area contributed by atoms with E-state index in [2.05, 4.69) is 24.7 Å². The molecule has 1 rings (SSSR count). The van der Waals surface area contributed by atoms with Gasteiger partial charge in [0, 0.05) is 21.2 Å².